The van der Waals surface area contributed by atoms with E-state index in [2.05, 4.69) is 12.1 Å². The summed E-state index contributed by atoms with van der Waals surface area (Å²) in [7, 11) is 1.70. The summed E-state index contributed by atoms with van der Waals surface area (Å²) in [5.74, 6) is 0.936. The van der Waals surface area contributed by atoms with Gasteiger partial charge in [0.25, 0.3) is 0 Å². The van der Waals surface area contributed by atoms with Crippen molar-refractivity contribution in [3.8, 4) is 5.75 Å². The molecule has 0 saturated carbocycles. The van der Waals surface area contributed by atoms with Crippen molar-refractivity contribution in [2.24, 2.45) is 0 Å². The van der Waals surface area contributed by atoms with Gasteiger partial charge >= 0.3 is 101 Å². The predicted molar refractivity (Wildman–Crippen MR) is 68.9 cm³/mol. The fourth-order valence-electron chi connectivity index (χ4n) is 1.40. The summed E-state index contributed by atoms with van der Waals surface area (Å²) in [5.41, 5.74) is 6.79. The second-order valence-electron chi connectivity index (χ2n) is 3.29. The number of methoxy groups -OCH3 is 1. The first-order chi connectivity index (χ1) is 7.81. The Balaban J connectivity index is 2.30. The molecule has 3 heteroatoms. The Bertz CT molecular complexity index is 485. The van der Waals surface area contributed by atoms with E-state index in [9.17, 15) is 0 Å². The van der Waals surface area contributed by atoms with E-state index in [1.54, 1.807) is 7.11 Å². The molecule has 0 fully saturated rings. The number of nitrogen functional groups attached to an aromatic ring is 1. The number of anilines is 1. The zero-order valence-electron chi connectivity index (χ0n) is 9.01. The molecule has 0 saturated heterocycles. The van der Waals surface area contributed by atoms with Crippen molar-refractivity contribution in [1.29, 1.82) is 0 Å². The maximum absolute atomic E-state index is 5.93. The summed E-state index contributed by atoms with van der Waals surface area (Å²) in [6, 6.07) is 16.1. The minimum atomic E-state index is 0.192. The molecular formula is C13H13NOSe. The number of hydrogen-bond acceptors (Lipinski definition) is 2. The molecule has 0 aromatic heterocycles. The summed E-state index contributed by atoms with van der Waals surface area (Å²) >= 11 is 0.192. The van der Waals surface area contributed by atoms with Crippen LogP contribution in [0.1, 0.15) is 0 Å². The van der Waals surface area contributed by atoms with Crippen molar-refractivity contribution >= 4 is 29.6 Å². The van der Waals surface area contributed by atoms with Crippen LogP contribution in [0.4, 0.5) is 5.69 Å². The molecule has 0 bridgehead atoms. The zero-order chi connectivity index (χ0) is 11.4. The normalized spacial score (nSPS) is 10.1. The van der Waals surface area contributed by atoms with E-state index >= 15 is 0 Å². The second kappa shape index (κ2) is 5.06. The molecule has 82 valence electrons. The molecule has 0 spiro atoms. The first-order valence-electron chi connectivity index (χ1n) is 4.96. The molecule has 0 radical (unpaired) electrons. The third-order valence-corrected chi connectivity index (χ3v) is 4.62. The van der Waals surface area contributed by atoms with Gasteiger partial charge in [-0.25, -0.2) is 0 Å². The number of hydrogen-bond donors (Lipinski definition) is 1. The Kier molecular flexibility index (Phi) is 3.50. The van der Waals surface area contributed by atoms with Crippen LogP contribution in [0.15, 0.2) is 48.5 Å². The minimum absolute atomic E-state index is 0.192. The van der Waals surface area contributed by atoms with Crippen LogP contribution in [0.5, 0.6) is 5.75 Å². The fourth-order valence-corrected chi connectivity index (χ4v) is 3.43. The molecule has 0 aliphatic heterocycles. The van der Waals surface area contributed by atoms with Crippen molar-refractivity contribution < 1.29 is 4.74 Å². The number of benzene rings is 2. The monoisotopic (exact) mass is 279 g/mol. The molecule has 2 aromatic carbocycles. The topological polar surface area (TPSA) is 35.2 Å². The van der Waals surface area contributed by atoms with E-state index in [0.717, 1.165) is 11.4 Å². The van der Waals surface area contributed by atoms with Crippen molar-refractivity contribution in [3.05, 3.63) is 48.5 Å². The van der Waals surface area contributed by atoms with Crippen molar-refractivity contribution in [2.75, 3.05) is 12.8 Å². The van der Waals surface area contributed by atoms with Crippen LogP contribution in [-0.2, 0) is 0 Å². The van der Waals surface area contributed by atoms with Gasteiger partial charge in [0.05, 0.1) is 0 Å². The van der Waals surface area contributed by atoms with Gasteiger partial charge in [-0.15, -0.1) is 0 Å². The Morgan fingerprint density at radius 2 is 1.56 bits per heavy atom. The summed E-state index contributed by atoms with van der Waals surface area (Å²) in [4.78, 5) is 0. The van der Waals surface area contributed by atoms with E-state index in [1.165, 1.54) is 8.92 Å². The van der Waals surface area contributed by atoms with Crippen LogP contribution in [0.25, 0.3) is 0 Å². The fraction of sp³-hybridized carbons (Fsp3) is 0.0769. The number of para-hydroxylation sites is 2. The first kappa shape index (κ1) is 11.1. The molecule has 2 rings (SSSR count). The van der Waals surface area contributed by atoms with Crippen LogP contribution in [0.3, 0.4) is 0 Å². The number of rotatable bonds is 3. The Morgan fingerprint density at radius 1 is 0.938 bits per heavy atom. The quantitative estimate of drug-likeness (QED) is 0.669. The first-order valence-corrected chi connectivity index (χ1v) is 6.68. The third-order valence-electron chi connectivity index (χ3n) is 2.21. The molecule has 2 nitrogen and oxygen atoms in total. The van der Waals surface area contributed by atoms with Gasteiger partial charge in [0.1, 0.15) is 0 Å². The van der Waals surface area contributed by atoms with E-state index in [-0.39, 0.29) is 15.0 Å². The van der Waals surface area contributed by atoms with Crippen molar-refractivity contribution in [2.45, 2.75) is 0 Å². The van der Waals surface area contributed by atoms with Gasteiger partial charge in [0.15, 0.2) is 0 Å². The van der Waals surface area contributed by atoms with Gasteiger partial charge in [-0.3, -0.25) is 0 Å². The average molecular weight is 278 g/mol. The molecule has 0 unspecified atom stereocenters. The predicted octanol–water partition coefficient (Wildman–Crippen LogP) is 0.932. The van der Waals surface area contributed by atoms with Gasteiger partial charge in [-0.05, 0) is 0 Å². The van der Waals surface area contributed by atoms with Gasteiger partial charge in [-0.2, -0.15) is 0 Å². The molecule has 0 amide bonds. The Hall–Kier alpha value is -1.44. The van der Waals surface area contributed by atoms with E-state index in [4.69, 9.17) is 10.5 Å². The van der Waals surface area contributed by atoms with Crippen LogP contribution in [0.2, 0.25) is 0 Å². The Labute approximate surface area is 102 Å². The summed E-state index contributed by atoms with van der Waals surface area (Å²) < 4.78 is 7.74. The van der Waals surface area contributed by atoms with Gasteiger partial charge in [0, 0.05) is 0 Å². The van der Waals surface area contributed by atoms with Crippen LogP contribution >= 0.6 is 0 Å². The standard InChI is InChI=1S/C13H13NOSe/c1-15-11-7-3-5-9-13(11)16-12-8-4-2-6-10(12)14/h2-9H,14H2,1H3. The van der Waals surface area contributed by atoms with Crippen LogP contribution < -0.4 is 19.4 Å². The SMILES string of the molecule is COc1ccccc1[Se]c1ccccc1N. The summed E-state index contributed by atoms with van der Waals surface area (Å²) in [6.07, 6.45) is 0. The molecule has 2 aromatic rings. The summed E-state index contributed by atoms with van der Waals surface area (Å²) in [6.45, 7) is 0. The number of ether oxygens (including phenoxy) is 1. The van der Waals surface area contributed by atoms with Gasteiger partial charge in [0.2, 0.25) is 0 Å². The summed E-state index contributed by atoms with van der Waals surface area (Å²) in [5, 5.41) is 0. The van der Waals surface area contributed by atoms with E-state index in [0.29, 0.717) is 0 Å². The molecular weight excluding hydrogens is 265 g/mol. The molecule has 0 atom stereocenters. The van der Waals surface area contributed by atoms with E-state index in [1.807, 2.05) is 36.4 Å². The molecule has 16 heavy (non-hydrogen) atoms. The molecule has 0 heterocycles. The number of nitrogens with two attached hydrogens (primary N) is 1. The van der Waals surface area contributed by atoms with Crippen molar-refractivity contribution in [3.63, 3.8) is 0 Å². The molecule has 2 N–H and O–H groups in total. The van der Waals surface area contributed by atoms with E-state index < -0.39 is 0 Å². The zero-order valence-corrected chi connectivity index (χ0v) is 10.7. The van der Waals surface area contributed by atoms with Crippen LogP contribution in [-0.4, -0.2) is 22.1 Å². The average Bonchev–Trinajstić information content (AvgIpc) is 2.33. The van der Waals surface area contributed by atoms with Crippen LogP contribution in [0, 0.1) is 0 Å². The Morgan fingerprint density at radius 3 is 2.25 bits per heavy atom. The molecule has 0 aliphatic rings. The van der Waals surface area contributed by atoms with Gasteiger partial charge in [-0.1, -0.05) is 0 Å². The third kappa shape index (κ3) is 2.38. The second-order valence-corrected chi connectivity index (χ2v) is 5.56. The van der Waals surface area contributed by atoms with Crippen molar-refractivity contribution in [1.82, 2.24) is 0 Å². The molecule has 0 aliphatic carbocycles. The maximum atomic E-state index is 5.93. The van der Waals surface area contributed by atoms with Gasteiger partial charge < -0.3 is 0 Å².